The molecule has 0 aliphatic heterocycles. The topological polar surface area (TPSA) is 29.9 Å². The van der Waals surface area contributed by atoms with Crippen LogP contribution in [0, 0.1) is 12.8 Å². The summed E-state index contributed by atoms with van der Waals surface area (Å²) < 4.78 is 1.74. The van der Waals surface area contributed by atoms with Crippen molar-refractivity contribution >= 4 is 11.6 Å². The molecule has 0 fully saturated rings. The standard InChI is InChI=1S/C11H20ClN3/c1-5-13-7-8(2)6-10-9(3)14-15(4)11(10)12/h8,13H,5-7H2,1-4H3. The van der Waals surface area contributed by atoms with Crippen LogP contribution in [0.2, 0.25) is 5.15 Å². The Morgan fingerprint density at radius 1 is 1.53 bits per heavy atom. The second-order valence-corrected chi connectivity index (χ2v) is 4.45. The maximum atomic E-state index is 6.17. The first kappa shape index (κ1) is 12.5. The van der Waals surface area contributed by atoms with Crippen molar-refractivity contribution in [3.05, 3.63) is 16.4 Å². The Bertz CT molecular complexity index is 320. The summed E-state index contributed by atoms with van der Waals surface area (Å²) in [6.45, 7) is 8.41. The second-order valence-electron chi connectivity index (χ2n) is 4.10. The number of hydrogen-bond donors (Lipinski definition) is 1. The van der Waals surface area contributed by atoms with E-state index in [0.717, 1.165) is 30.4 Å². The number of hydrogen-bond acceptors (Lipinski definition) is 2. The van der Waals surface area contributed by atoms with Gasteiger partial charge < -0.3 is 5.32 Å². The second kappa shape index (κ2) is 5.52. The lowest BCUT2D eigenvalue weighted by Gasteiger charge is -2.11. The quantitative estimate of drug-likeness (QED) is 0.839. The lowest BCUT2D eigenvalue weighted by molar-refractivity contribution is 0.520. The number of halogens is 1. The molecule has 1 N–H and O–H groups in total. The molecular formula is C11H20ClN3. The highest BCUT2D eigenvalue weighted by Gasteiger charge is 2.13. The van der Waals surface area contributed by atoms with Gasteiger partial charge in [0.2, 0.25) is 0 Å². The largest absolute Gasteiger partial charge is 0.317 e. The van der Waals surface area contributed by atoms with Crippen molar-refractivity contribution in [3.8, 4) is 0 Å². The van der Waals surface area contributed by atoms with Gasteiger partial charge in [-0.05, 0) is 32.4 Å². The Morgan fingerprint density at radius 2 is 2.20 bits per heavy atom. The molecule has 0 aliphatic carbocycles. The summed E-state index contributed by atoms with van der Waals surface area (Å²) >= 11 is 6.17. The molecule has 4 heteroatoms. The molecule has 1 atom stereocenters. The van der Waals surface area contributed by atoms with Crippen LogP contribution in [0.5, 0.6) is 0 Å². The van der Waals surface area contributed by atoms with Crippen molar-refractivity contribution in [2.24, 2.45) is 13.0 Å². The fourth-order valence-corrected chi connectivity index (χ4v) is 1.97. The van der Waals surface area contributed by atoms with Crippen LogP contribution in [-0.2, 0) is 13.5 Å². The van der Waals surface area contributed by atoms with Gasteiger partial charge in [0, 0.05) is 12.6 Å². The minimum atomic E-state index is 0.588. The third-order valence-electron chi connectivity index (χ3n) is 2.57. The van der Waals surface area contributed by atoms with Gasteiger partial charge in [-0.3, -0.25) is 4.68 Å². The van der Waals surface area contributed by atoms with Crippen LogP contribution in [0.4, 0.5) is 0 Å². The molecule has 0 amide bonds. The van der Waals surface area contributed by atoms with Crippen LogP contribution in [0.25, 0.3) is 0 Å². The fraction of sp³-hybridized carbons (Fsp3) is 0.727. The van der Waals surface area contributed by atoms with Crippen LogP contribution in [0.1, 0.15) is 25.1 Å². The van der Waals surface area contributed by atoms with E-state index in [1.807, 2.05) is 14.0 Å². The number of aryl methyl sites for hydroxylation is 2. The van der Waals surface area contributed by atoms with E-state index >= 15 is 0 Å². The van der Waals surface area contributed by atoms with E-state index in [0.29, 0.717) is 5.92 Å². The van der Waals surface area contributed by atoms with Crippen LogP contribution in [0.3, 0.4) is 0 Å². The number of rotatable bonds is 5. The van der Waals surface area contributed by atoms with Gasteiger partial charge in [0.25, 0.3) is 0 Å². The monoisotopic (exact) mass is 229 g/mol. The van der Waals surface area contributed by atoms with E-state index in [9.17, 15) is 0 Å². The molecule has 15 heavy (non-hydrogen) atoms. The first-order valence-corrected chi connectivity index (χ1v) is 5.82. The van der Waals surface area contributed by atoms with Gasteiger partial charge in [-0.1, -0.05) is 25.4 Å². The van der Waals surface area contributed by atoms with Crippen molar-refractivity contribution in [1.82, 2.24) is 15.1 Å². The molecule has 1 rings (SSSR count). The van der Waals surface area contributed by atoms with E-state index < -0.39 is 0 Å². The number of aromatic nitrogens is 2. The maximum absolute atomic E-state index is 6.17. The minimum Gasteiger partial charge on any atom is -0.317 e. The highest BCUT2D eigenvalue weighted by Crippen LogP contribution is 2.21. The molecule has 0 saturated heterocycles. The molecule has 1 aromatic heterocycles. The Labute approximate surface area is 96.8 Å². The van der Waals surface area contributed by atoms with Gasteiger partial charge in [0.1, 0.15) is 5.15 Å². The summed E-state index contributed by atoms with van der Waals surface area (Å²) in [5.41, 5.74) is 2.23. The van der Waals surface area contributed by atoms with Crippen molar-refractivity contribution in [1.29, 1.82) is 0 Å². The summed E-state index contributed by atoms with van der Waals surface area (Å²) in [4.78, 5) is 0. The van der Waals surface area contributed by atoms with E-state index in [4.69, 9.17) is 11.6 Å². The molecule has 1 unspecified atom stereocenters. The zero-order chi connectivity index (χ0) is 11.4. The molecule has 3 nitrogen and oxygen atoms in total. The normalized spacial score (nSPS) is 13.1. The molecule has 0 aliphatic rings. The predicted molar refractivity (Wildman–Crippen MR) is 64.4 cm³/mol. The molecular weight excluding hydrogens is 210 g/mol. The molecule has 0 saturated carbocycles. The van der Waals surface area contributed by atoms with E-state index in [1.165, 1.54) is 5.56 Å². The summed E-state index contributed by atoms with van der Waals surface area (Å²) in [5.74, 6) is 0.588. The van der Waals surface area contributed by atoms with Crippen molar-refractivity contribution < 1.29 is 0 Å². The Balaban J connectivity index is 2.63. The third-order valence-corrected chi connectivity index (χ3v) is 3.04. The van der Waals surface area contributed by atoms with Gasteiger partial charge >= 0.3 is 0 Å². The zero-order valence-corrected chi connectivity index (χ0v) is 10.7. The van der Waals surface area contributed by atoms with E-state index in [1.54, 1.807) is 4.68 Å². The van der Waals surface area contributed by atoms with E-state index in [2.05, 4.69) is 24.3 Å². The van der Waals surface area contributed by atoms with Crippen LogP contribution < -0.4 is 5.32 Å². The van der Waals surface area contributed by atoms with Crippen LogP contribution in [0.15, 0.2) is 0 Å². The van der Waals surface area contributed by atoms with Gasteiger partial charge in [-0.2, -0.15) is 5.10 Å². The number of nitrogens with one attached hydrogen (secondary N) is 1. The van der Waals surface area contributed by atoms with Crippen molar-refractivity contribution in [3.63, 3.8) is 0 Å². The summed E-state index contributed by atoms with van der Waals surface area (Å²) in [7, 11) is 1.88. The Hall–Kier alpha value is -0.540. The molecule has 86 valence electrons. The number of nitrogens with zero attached hydrogens (tertiary/aromatic N) is 2. The molecule has 0 bridgehead atoms. The van der Waals surface area contributed by atoms with Gasteiger partial charge in [-0.15, -0.1) is 0 Å². The molecule has 0 spiro atoms. The molecule has 1 aromatic rings. The molecule has 1 heterocycles. The van der Waals surface area contributed by atoms with Gasteiger partial charge in [0.05, 0.1) is 5.69 Å². The zero-order valence-electron chi connectivity index (χ0n) is 9.97. The minimum absolute atomic E-state index is 0.588. The average molecular weight is 230 g/mol. The fourth-order valence-electron chi connectivity index (χ4n) is 1.72. The highest BCUT2D eigenvalue weighted by atomic mass is 35.5. The lowest BCUT2D eigenvalue weighted by atomic mass is 10.0. The predicted octanol–water partition coefficient (Wildman–Crippen LogP) is 2.17. The van der Waals surface area contributed by atoms with Crippen molar-refractivity contribution in [2.75, 3.05) is 13.1 Å². The van der Waals surface area contributed by atoms with Crippen LogP contribution in [-0.4, -0.2) is 22.9 Å². The molecule has 0 radical (unpaired) electrons. The summed E-state index contributed by atoms with van der Waals surface area (Å²) in [6, 6.07) is 0. The highest BCUT2D eigenvalue weighted by molar-refractivity contribution is 6.30. The van der Waals surface area contributed by atoms with Crippen molar-refractivity contribution in [2.45, 2.75) is 27.2 Å². The Morgan fingerprint density at radius 3 is 2.67 bits per heavy atom. The first-order valence-electron chi connectivity index (χ1n) is 5.45. The first-order chi connectivity index (χ1) is 7.06. The SMILES string of the molecule is CCNCC(C)Cc1c(C)nn(C)c1Cl. The summed E-state index contributed by atoms with van der Waals surface area (Å²) in [6.07, 6.45) is 0.992. The third kappa shape index (κ3) is 3.21. The van der Waals surface area contributed by atoms with Gasteiger partial charge in [0.15, 0.2) is 0 Å². The summed E-state index contributed by atoms with van der Waals surface area (Å²) in [5, 5.41) is 8.43. The van der Waals surface area contributed by atoms with Gasteiger partial charge in [-0.25, -0.2) is 0 Å². The molecule has 0 aromatic carbocycles. The Kier molecular flexibility index (Phi) is 4.61. The van der Waals surface area contributed by atoms with Crippen LogP contribution >= 0.6 is 11.6 Å². The maximum Gasteiger partial charge on any atom is 0.130 e. The smallest absolute Gasteiger partial charge is 0.130 e. The van der Waals surface area contributed by atoms with E-state index in [-0.39, 0.29) is 0 Å². The average Bonchev–Trinajstić information content (AvgIpc) is 2.42. The lowest BCUT2D eigenvalue weighted by Crippen LogP contribution is -2.22.